The number of nitrogens with zero attached hydrogens (tertiary/aromatic N) is 2. The molecule has 0 saturated heterocycles. The molecule has 2 aromatic carbocycles. The van der Waals surface area contributed by atoms with Gasteiger partial charge >= 0.3 is 5.13 Å². The van der Waals surface area contributed by atoms with Crippen LogP contribution in [0.3, 0.4) is 0 Å². The van der Waals surface area contributed by atoms with Gasteiger partial charge in [-0.2, -0.15) is 5.11 Å². The zero-order valence-electron chi connectivity index (χ0n) is 20.1. The molecule has 178 valence electrons. The molecule has 0 fully saturated rings. The van der Waals surface area contributed by atoms with Crippen LogP contribution in [0, 0.1) is 5.53 Å². The molecule has 0 amide bonds. The largest absolute Gasteiger partial charge is 0.491 e. The van der Waals surface area contributed by atoms with E-state index in [9.17, 15) is 0 Å². The van der Waals surface area contributed by atoms with Gasteiger partial charge < -0.3 is 9.47 Å². The van der Waals surface area contributed by atoms with Crippen LogP contribution in [0.4, 0.5) is 10.8 Å². The fraction of sp³-hybridized carbons (Fsp3) is 0.500. The maximum Gasteiger partial charge on any atom is 0.335 e. The highest BCUT2D eigenvalue weighted by Gasteiger charge is 2.25. The molecule has 2 N–H and O–H groups in total. The molecule has 33 heavy (non-hydrogen) atoms. The summed E-state index contributed by atoms with van der Waals surface area (Å²) >= 11 is 1.69. The van der Waals surface area contributed by atoms with Crippen molar-refractivity contribution in [1.82, 2.24) is 0 Å². The summed E-state index contributed by atoms with van der Waals surface area (Å²) in [6, 6.07) is 14.1. The topological polar surface area (TPSA) is 70.6 Å². The van der Waals surface area contributed by atoms with E-state index in [1.807, 2.05) is 42.5 Å². The number of anilines is 1. The minimum Gasteiger partial charge on any atom is -0.491 e. The molecule has 1 aromatic heterocycles. The smallest absolute Gasteiger partial charge is 0.335 e. The summed E-state index contributed by atoms with van der Waals surface area (Å²) in [5.41, 5.74) is 9.32. The Morgan fingerprint density at radius 1 is 1.03 bits per heavy atom. The fourth-order valence-corrected chi connectivity index (χ4v) is 4.92. The standard InChI is InChI=1S/C26H36N4O2S/c1-4-6-8-12-16-31-24-18-23-25(17-22(24)29-27)33-26(28-15-7-5-2)30(23)20(3)19-32-21-13-10-9-11-14-21/h9-11,13-14,17-18,20,27H,4-8,12,15-16,19H2,1-3H3/p+1. The van der Waals surface area contributed by atoms with Crippen LogP contribution < -0.4 is 19.4 Å². The minimum absolute atomic E-state index is 0.110. The zero-order chi connectivity index (χ0) is 23.5. The number of para-hydroxylation sites is 1. The lowest BCUT2D eigenvalue weighted by Crippen LogP contribution is -2.42. The maximum absolute atomic E-state index is 7.66. The normalized spacial score (nSPS) is 12.0. The Morgan fingerprint density at radius 3 is 2.55 bits per heavy atom. The number of thiazole rings is 1. The van der Waals surface area contributed by atoms with Crippen molar-refractivity contribution in [1.29, 1.82) is 5.53 Å². The Morgan fingerprint density at radius 2 is 1.82 bits per heavy atom. The second-order valence-electron chi connectivity index (χ2n) is 8.34. The van der Waals surface area contributed by atoms with E-state index in [1.54, 1.807) is 11.3 Å². The van der Waals surface area contributed by atoms with E-state index in [0.29, 0.717) is 24.7 Å². The molecule has 0 aliphatic carbocycles. The minimum atomic E-state index is 0.110. The van der Waals surface area contributed by atoms with Crippen molar-refractivity contribution in [2.45, 2.75) is 65.3 Å². The predicted octanol–water partition coefficient (Wildman–Crippen LogP) is 7.66. The van der Waals surface area contributed by atoms with Crippen molar-refractivity contribution in [3.63, 3.8) is 0 Å². The lowest BCUT2D eigenvalue weighted by molar-refractivity contribution is -0.679. The van der Waals surface area contributed by atoms with Crippen LogP contribution in [-0.2, 0) is 0 Å². The molecule has 0 aliphatic rings. The molecule has 3 rings (SSSR count). The summed E-state index contributed by atoms with van der Waals surface area (Å²) in [5, 5.41) is 8.46. The van der Waals surface area contributed by atoms with E-state index in [0.717, 1.165) is 53.3 Å². The van der Waals surface area contributed by atoms with E-state index >= 15 is 0 Å². The van der Waals surface area contributed by atoms with Crippen LogP contribution in [0.2, 0.25) is 0 Å². The number of aromatic nitrogens is 1. The summed E-state index contributed by atoms with van der Waals surface area (Å²) in [6.07, 6.45) is 6.84. The first-order chi connectivity index (χ1) is 16.2. The molecule has 3 aromatic rings. The Hall–Kier alpha value is -2.67. The Kier molecular flexibility index (Phi) is 9.94. The number of rotatable bonds is 15. The van der Waals surface area contributed by atoms with Crippen LogP contribution in [0.25, 0.3) is 10.2 Å². The van der Waals surface area contributed by atoms with E-state index < -0.39 is 0 Å². The van der Waals surface area contributed by atoms with Gasteiger partial charge in [-0.15, -0.1) is 0 Å². The van der Waals surface area contributed by atoms with E-state index in [2.05, 4.69) is 35.8 Å². The third-order valence-electron chi connectivity index (χ3n) is 5.58. The molecular weight excluding hydrogens is 432 g/mol. The van der Waals surface area contributed by atoms with Crippen molar-refractivity contribution in [2.24, 2.45) is 5.11 Å². The van der Waals surface area contributed by atoms with Gasteiger partial charge in [0.15, 0.2) is 5.75 Å². The van der Waals surface area contributed by atoms with Gasteiger partial charge in [-0.3, -0.25) is 5.32 Å². The lowest BCUT2D eigenvalue weighted by Gasteiger charge is -2.14. The van der Waals surface area contributed by atoms with Crippen LogP contribution in [0.15, 0.2) is 47.6 Å². The van der Waals surface area contributed by atoms with Gasteiger partial charge in [-0.1, -0.05) is 57.7 Å². The molecule has 1 heterocycles. The van der Waals surface area contributed by atoms with Crippen molar-refractivity contribution >= 4 is 32.4 Å². The van der Waals surface area contributed by atoms with Crippen LogP contribution >= 0.6 is 11.3 Å². The monoisotopic (exact) mass is 469 g/mol. The molecule has 1 atom stereocenters. The number of ether oxygens (including phenoxy) is 2. The number of fused-ring (bicyclic) bond motifs is 1. The first-order valence-electron chi connectivity index (χ1n) is 12.1. The second kappa shape index (κ2) is 13.1. The van der Waals surface area contributed by atoms with Gasteiger partial charge in [-0.25, -0.2) is 10.1 Å². The Bertz CT molecular complexity index is 1010. The number of benzene rings is 2. The van der Waals surface area contributed by atoms with Gasteiger partial charge in [0.2, 0.25) is 0 Å². The van der Waals surface area contributed by atoms with Crippen LogP contribution in [0.5, 0.6) is 11.5 Å². The van der Waals surface area contributed by atoms with E-state index in [1.165, 1.54) is 12.8 Å². The molecule has 6 nitrogen and oxygen atoms in total. The van der Waals surface area contributed by atoms with E-state index in [-0.39, 0.29) is 6.04 Å². The SMILES string of the molecule is CCCCCCOc1cc2c(cc1N=N)sc(NCCCC)[n+]2C(C)COc1ccccc1. The zero-order valence-corrected chi connectivity index (χ0v) is 20.9. The summed E-state index contributed by atoms with van der Waals surface area (Å²) in [4.78, 5) is 0. The van der Waals surface area contributed by atoms with Gasteiger partial charge in [-0.05, 0) is 49.3 Å². The van der Waals surface area contributed by atoms with Crippen LogP contribution in [-0.4, -0.2) is 19.8 Å². The third-order valence-corrected chi connectivity index (χ3v) is 6.66. The molecular formula is C26H37N4O2S+. The van der Waals surface area contributed by atoms with Crippen LogP contribution in [0.1, 0.15) is 65.3 Å². The van der Waals surface area contributed by atoms with Crippen molar-refractivity contribution < 1.29 is 14.0 Å². The Balaban J connectivity index is 1.88. The number of unbranched alkanes of at least 4 members (excludes halogenated alkanes) is 4. The number of hydrogen-bond donors (Lipinski definition) is 2. The predicted molar refractivity (Wildman–Crippen MR) is 137 cm³/mol. The van der Waals surface area contributed by atoms with Crippen molar-refractivity contribution in [2.75, 3.05) is 25.1 Å². The quantitative estimate of drug-likeness (QED) is 0.136. The lowest BCUT2D eigenvalue weighted by atomic mass is 10.2. The summed E-state index contributed by atoms with van der Waals surface area (Å²) in [5.74, 6) is 1.55. The highest BCUT2D eigenvalue weighted by molar-refractivity contribution is 7.21. The van der Waals surface area contributed by atoms with Gasteiger partial charge in [0.1, 0.15) is 29.6 Å². The summed E-state index contributed by atoms with van der Waals surface area (Å²) in [6.45, 7) is 8.70. The average Bonchev–Trinajstić information content (AvgIpc) is 3.19. The van der Waals surface area contributed by atoms with Gasteiger partial charge in [0.05, 0.1) is 17.9 Å². The summed E-state index contributed by atoms with van der Waals surface area (Å²) in [7, 11) is 0. The molecule has 1 unspecified atom stereocenters. The second-order valence-corrected chi connectivity index (χ2v) is 9.37. The van der Waals surface area contributed by atoms with Crippen molar-refractivity contribution in [3.8, 4) is 11.5 Å². The molecule has 0 bridgehead atoms. The molecule has 7 heteroatoms. The average molecular weight is 470 g/mol. The maximum atomic E-state index is 7.66. The molecule has 0 radical (unpaired) electrons. The van der Waals surface area contributed by atoms with E-state index in [4.69, 9.17) is 15.0 Å². The fourth-order valence-electron chi connectivity index (χ4n) is 3.72. The molecule has 0 saturated carbocycles. The number of hydrogen-bond acceptors (Lipinski definition) is 6. The Labute approximate surface area is 201 Å². The third kappa shape index (κ3) is 6.90. The van der Waals surface area contributed by atoms with Crippen molar-refractivity contribution in [3.05, 3.63) is 42.5 Å². The summed E-state index contributed by atoms with van der Waals surface area (Å²) < 4.78 is 15.5. The molecule has 0 aliphatic heterocycles. The number of nitrogens with one attached hydrogen (secondary N) is 2. The highest BCUT2D eigenvalue weighted by atomic mass is 32.1. The first-order valence-corrected chi connectivity index (χ1v) is 12.9. The first kappa shape index (κ1) is 25.0. The van der Waals surface area contributed by atoms with Gasteiger partial charge in [0, 0.05) is 6.07 Å². The highest BCUT2D eigenvalue weighted by Crippen LogP contribution is 2.36. The molecule has 0 spiro atoms. The van der Waals surface area contributed by atoms with Gasteiger partial charge in [0.25, 0.3) is 0 Å².